The zero-order chi connectivity index (χ0) is 41.2. The van der Waals surface area contributed by atoms with E-state index in [2.05, 4.69) is 37.2 Å². The van der Waals surface area contributed by atoms with Crippen LogP contribution >= 0.6 is 0 Å². The van der Waals surface area contributed by atoms with Gasteiger partial charge in [0.1, 0.15) is 0 Å². The molecule has 0 aromatic heterocycles. The summed E-state index contributed by atoms with van der Waals surface area (Å²) in [4.78, 5) is 54.2. The topological polar surface area (TPSA) is 202 Å². The highest BCUT2D eigenvalue weighted by Gasteiger charge is 1.96. The predicted octanol–water partition coefficient (Wildman–Crippen LogP) is 9.39. The average Bonchev–Trinajstić information content (AvgIpc) is 3.19. The van der Waals surface area contributed by atoms with Crippen LogP contribution in [0.15, 0.2) is 103 Å². The molecule has 3 rings (SSSR count). The van der Waals surface area contributed by atoms with E-state index in [-0.39, 0.29) is 19.4 Å². The van der Waals surface area contributed by atoms with Crippen LogP contribution in [-0.2, 0) is 33.4 Å². The summed E-state index contributed by atoms with van der Waals surface area (Å²) in [7, 11) is 0. The van der Waals surface area contributed by atoms with Gasteiger partial charge in [-0.3, -0.25) is 24.0 Å². The van der Waals surface area contributed by atoms with Crippen molar-refractivity contribution in [2.45, 2.75) is 92.9 Å². The molecular formula is C40H64O12. The third-order valence-corrected chi connectivity index (χ3v) is 4.72. The standard InChI is InChI=1S/C7H6O2.2C6H6.2C5H10O2.2C4H10.3CH2O2/c8-7(9)6-4-2-1-3-5-6;2*1-2-4-6-5-3-1;2*1-2-3-4-7-5-6;2*1-3-4-2;3*2-1-3/h1-5H,(H,8,9);2*1-6H;2*5H,2-4H2,1H3;2*3-4H2,1-2H3;3*1H,(H,2,3). The van der Waals surface area contributed by atoms with E-state index in [1.807, 2.05) is 86.6 Å². The van der Waals surface area contributed by atoms with Crippen LogP contribution in [0.4, 0.5) is 0 Å². The van der Waals surface area contributed by atoms with E-state index in [0.717, 1.165) is 25.7 Å². The van der Waals surface area contributed by atoms with Crippen LogP contribution in [-0.4, -0.2) is 72.0 Å². The Bertz CT molecular complexity index is 886. The first kappa shape index (κ1) is 61.7. The van der Waals surface area contributed by atoms with Crippen molar-refractivity contribution in [3.63, 3.8) is 0 Å². The second kappa shape index (κ2) is 75.7. The number of carbonyl (C=O) groups is 6. The van der Waals surface area contributed by atoms with Gasteiger partial charge in [0.25, 0.3) is 32.4 Å². The lowest BCUT2D eigenvalue weighted by Crippen LogP contribution is -1.93. The Morgan fingerprint density at radius 1 is 0.462 bits per heavy atom. The van der Waals surface area contributed by atoms with E-state index in [1.165, 1.54) is 25.7 Å². The normalized spacial score (nSPS) is 7.42. The SMILES string of the molecule is CCCC.CCCC.CCCCOC=O.CCCCOC=O.O=C(O)c1ccccc1.O=CO.O=CO.O=CO.c1ccccc1.c1ccccc1. The number of carboxylic acid groups (broad SMARTS) is 4. The summed E-state index contributed by atoms with van der Waals surface area (Å²) < 4.78 is 8.79. The number of ether oxygens (including phenoxy) is 2. The van der Waals surface area contributed by atoms with Crippen molar-refractivity contribution < 1.29 is 58.7 Å². The first-order chi connectivity index (χ1) is 25.2. The van der Waals surface area contributed by atoms with E-state index in [1.54, 1.807) is 30.3 Å². The monoisotopic (exact) mass is 736 g/mol. The molecule has 0 amide bonds. The summed E-state index contributed by atoms with van der Waals surface area (Å²) in [5.41, 5.74) is 0.331. The third kappa shape index (κ3) is 104. The van der Waals surface area contributed by atoms with E-state index < -0.39 is 5.97 Å². The largest absolute Gasteiger partial charge is 0.483 e. The van der Waals surface area contributed by atoms with Crippen molar-refractivity contribution in [1.82, 2.24) is 0 Å². The van der Waals surface area contributed by atoms with Gasteiger partial charge in [-0.1, -0.05) is 171 Å². The van der Waals surface area contributed by atoms with Gasteiger partial charge in [-0.25, -0.2) is 4.79 Å². The van der Waals surface area contributed by atoms with Gasteiger partial charge >= 0.3 is 5.97 Å². The molecule has 0 saturated heterocycles. The van der Waals surface area contributed by atoms with Gasteiger partial charge in [0, 0.05) is 0 Å². The Morgan fingerprint density at radius 2 is 0.673 bits per heavy atom. The molecular weight excluding hydrogens is 672 g/mol. The maximum atomic E-state index is 10.2. The summed E-state index contributed by atoms with van der Waals surface area (Å²) in [6.45, 7) is 14.2. The lowest BCUT2D eigenvalue weighted by atomic mass is 10.2. The fraction of sp³-hybridized carbons (Fsp3) is 0.400. The molecule has 0 aliphatic carbocycles. The molecule has 4 N–H and O–H groups in total. The number of aromatic carboxylic acids is 1. The number of hydrogen-bond acceptors (Lipinski definition) is 8. The number of rotatable bonds is 11. The van der Waals surface area contributed by atoms with Crippen LogP contribution in [0.5, 0.6) is 0 Å². The molecule has 0 saturated carbocycles. The maximum absolute atomic E-state index is 10.2. The van der Waals surface area contributed by atoms with Crippen LogP contribution in [0, 0.1) is 0 Å². The van der Waals surface area contributed by atoms with Crippen molar-refractivity contribution >= 4 is 38.3 Å². The Balaban J connectivity index is -0.0000000886. The van der Waals surface area contributed by atoms with Gasteiger partial charge in [0.05, 0.1) is 18.8 Å². The minimum absolute atomic E-state index is 0.250. The molecule has 0 aliphatic heterocycles. The molecule has 0 fully saturated rings. The number of benzene rings is 3. The molecule has 3 aromatic rings. The Labute approximate surface area is 311 Å². The maximum Gasteiger partial charge on any atom is 0.335 e. The summed E-state index contributed by atoms with van der Waals surface area (Å²) in [6.07, 6.45) is 9.37. The minimum atomic E-state index is -0.879. The lowest BCUT2D eigenvalue weighted by molar-refractivity contribution is -0.129. The van der Waals surface area contributed by atoms with E-state index in [4.69, 9.17) is 34.8 Å². The lowest BCUT2D eigenvalue weighted by Gasteiger charge is -1.90. The molecule has 296 valence electrons. The second-order valence-corrected chi connectivity index (χ2v) is 8.94. The molecule has 0 spiro atoms. The summed E-state index contributed by atoms with van der Waals surface area (Å²) in [5.74, 6) is -0.879. The highest BCUT2D eigenvalue weighted by molar-refractivity contribution is 5.87. The molecule has 52 heavy (non-hydrogen) atoms. The van der Waals surface area contributed by atoms with Gasteiger partial charge in [-0.2, -0.15) is 0 Å². The van der Waals surface area contributed by atoms with Crippen molar-refractivity contribution in [1.29, 1.82) is 0 Å². The minimum Gasteiger partial charge on any atom is -0.483 e. The van der Waals surface area contributed by atoms with Crippen LogP contribution in [0.3, 0.4) is 0 Å². The Morgan fingerprint density at radius 3 is 0.808 bits per heavy atom. The first-order valence-corrected chi connectivity index (χ1v) is 16.8. The van der Waals surface area contributed by atoms with Gasteiger partial charge in [-0.05, 0) is 25.0 Å². The second-order valence-electron chi connectivity index (χ2n) is 8.94. The molecule has 0 bridgehead atoms. The Hall–Kier alpha value is -5.52. The van der Waals surface area contributed by atoms with Crippen molar-refractivity contribution in [2.24, 2.45) is 0 Å². The number of carboxylic acids is 1. The zero-order valence-electron chi connectivity index (χ0n) is 31.8. The number of unbranched alkanes of at least 4 members (excludes halogenated alkanes) is 4. The quantitative estimate of drug-likeness (QED) is 0.107. The summed E-state index contributed by atoms with van der Waals surface area (Å²) in [6, 6.07) is 32.3. The van der Waals surface area contributed by atoms with Crippen LogP contribution in [0.25, 0.3) is 0 Å². The first-order valence-electron chi connectivity index (χ1n) is 16.8. The van der Waals surface area contributed by atoms with Gasteiger partial charge in [0.15, 0.2) is 0 Å². The molecule has 0 heterocycles. The third-order valence-electron chi connectivity index (χ3n) is 4.72. The summed E-state index contributed by atoms with van der Waals surface area (Å²) >= 11 is 0. The smallest absolute Gasteiger partial charge is 0.335 e. The fourth-order valence-corrected chi connectivity index (χ4v) is 1.90. The molecule has 0 aliphatic rings. The Kier molecular flexibility index (Phi) is 89.8. The summed E-state index contributed by atoms with van der Waals surface area (Å²) in [5, 5.41) is 29.1. The number of carbonyl (C=O) groups excluding carboxylic acids is 2. The molecule has 3 aromatic carbocycles. The predicted molar refractivity (Wildman–Crippen MR) is 207 cm³/mol. The van der Waals surface area contributed by atoms with Crippen molar-refractivity contribution in [2.75, 3.05) is 13.2 Å². The molecule has 12 nitrogen and oxygen atoms in total. The van der Waals surface area contributed by atoms with Gasteiger partial charge in [0.2, 0.25) is 0 Å². The molecule has 0 radical (unpaired) electrons. The molecule has 0 atom stereocenters. The molecule has 12 heteroatoms. The number of hydrogen-bond donors (Lipinski definition) is 4. The van der Waals surface area contributed by atoms with Crippen LogP contribution in [0.2, 0.25) is 0 Å². The highest BCUT2D eigenvalue weighted by Crippen LogP contribution is 1.96. The van der Waals surface area contributed by atoms with E-state index in [0.29, 0.717) is 31.7 Å². The average molecular weight is 737 g/mol. The van der Waals surface area contributed by atoms with Crippen LogP contribution < -0.4 is 0 Å². The van der Waals surface area contributed by atoms with Gasteiger partial charge < -0.3 is 29.9 Å². The van der Waals surface area contributed by atoms with E-state index >= 15 is 0 Å². The zero-order valence-corrected chi connectivity index (χ0v) is 31.8. The molecule has 0 unspecified atom stereocenters. The van der Waals surface area contributed by atoms with E-state index in [9.17, 15) is 14.4 Å². The van der Waals surface area contributed by atoms with Crippen molar-refractivity contribution in [3.05, 3.63) is 109 Å². The fourth-order valence-electron chi connectivity index (χ4n) is 1.90. The van der Waals surface area contributed by atoms with Crippen molar-refractivity contribution in [3.8, 4) is 0 Å². The van der Waals surface area contributed by atoms with Gasteiger partial charge in [-0.15, -0.1) is 0 Å². The van der Waals surface area contributed by atoms with Crippen LogP contribution in [0.1, 0.15) is 103 Å². The highest BCUT2D eigenvalue weighted by atomic mass is 16.5.